The highest BCUT2D eigenvalue weighted by Crippen LogP contribution is 2.23. The lowest BCUT2D eigenvalue weighted by Gasteiger charge is -2.31. The van der Waals surface area contributed by atoms with Crippen LogP contribution in [-0.4, -0.2) is 81.6 Å². The highest BCUT2D eigenvalue weighted by atomic mass is 16.4. The van der Waals surface area contributed by atoms with E-state index in [2.05, 4.69) is 20.9 Å². The van der Waals surface area contributed by atoms with Crippen molar-refractivity contribution in [1.82, 2.24) is 25.8 Å². The molecule has 2 aromatic rings. The van der Waals surface area contributed by atoms with Gasteiger partial charge in [-0.1, -0.05) is 25.5 Å². The minimum atomic E-state index is -1.24. The van der Waals surface area contributed by atoms with Gasteiger partial charge in [0.05, 0.1) is 12.5 Å². The van der Waals surface area contributed by atoms with Crippen LogP contribution >= 0.6 is 0 Å². The van der Waals surface area contributed by atoms with E-state index < -0.39 is 60.2 Å². The summed E-state index contributed by atoms with van der Waals surface area (Å²) in [7, 11) is 0. The Bertz CT molecular complexity index is 1290. The smallest absolute Gasteiger partial charge is 0.305 e. The van der Waals surface area contributed by atoms with Crippen LogP contribution in [0.25, 0.3) is 10.9 Å². The molecule has 4 amide bonds. The van der Waals surface area contributed by atoms with Crippen molar-refractivity contribution in [3.05, 3.63) is 35.5 Å². The molecule has 12 nitrogen and oxygen atoms in total. The molecule has 1 aromatic carbocycles. The molecule has 40 heavy (non-hydrogen) atoms. The number of carboxylic acid groups (broad SMARTS) is 1. The number of aryl methyl sites for hydroxylation is 1. The maximum Gasteiger partial charge on any atom is 0.305 e. The summed E-state index contributed by atoms with van der Waals surface area (Å²) in [5.74, 6) is -3.60. The fourth-order valence-electron chi connectivity index (χ4n) is 4.99. The molecule has 1 fully saturated rings. The number of aromatic nitrogens is 1. The van der Waals surface area contributed by atoms with Crippen LogP contribution in [-0.2, 0) is 35.2 Å². The first-order chi connectivity index (χ1) is 18.9. The number of hydrogen-bond donors (Lipinski definition) is 5. The average Bonchev–Trinajstić information content (AvgIpc) is 3.52. The first-order valence-electron chi connectivity index (χ1n) is 13.3. The predicted octanol–water partition coefficient (Wildman–Crippen LogP) is 0.814. The van der Waals surface area contributed by atoms with Crippen LogP contribution in [0.5, 0.6) is 0 Å². The quantitative estimate of drug-likeness (QED) is 0.241. The Morgan fingerprint density at radius 3 is 2.50 bits per heavy atom. The van der Waals surface area contributed by atoms with Crippen molar-refractivity contribution in [3.8, 4) is 0 Å². The Morgan fingerprint density at radius 1 is 1.15 bits per heavy atom. The predicted molar refractivity (Wildman–Crippen MR) is 146 cm³/mol. The molecule has 0 aliphatic carbocycles. The van der Waals surface area contributed by atoms with Crippen LogP contribution in [0.4, 0.5) is 0 Å². The molecule has 1 aliphatic heterocycles. The van der Waals surface area contributed by atoms with Crippen LogP contribution in [0.3, 0.4) is 0 Å². The molecule has 3 rings (SSSR count). The Balaban J connectivity index is 1.77. The second-order valence-electron chi connectivity index (χ2n) is 10.6. The second kappa shape index (κ2) is 13.2. The summed E-state index contributed by atoms with van der Waals surface area (Å²) < 4.78 is 0. The molecule has 216 valence electrons. The Hall–Kier alpha value is -4.22. The number of aromatic amines is 1. The van der Waals surface area contributed by atoms with Gasteiger partial charge in [0.15, 0.2) is 0 Å². The first kappa shape index (κ1) is 30.3. The van der Waals surface area contributed by atoms with Crippen molar-refractivity contribution < 1.29 is 33.9 Å². The molecular weight excluding hydrogens is 518 g/mol. The van der Waals surface area contributed by atoms with Crippen molar-refractivity contribution in [2.75, 3.05) is 6.54 Å². The monoisotopic (exact) mass is 555 g/mol. The van der Waals surface area contributed by atoms with Crippen molar-refractivity contribution in [2.24, 2.45) is 5.92 Å². The van der Waals surface area contributed by atoms with Gasteiger partial charge < -0.3 is 35.7 Å². The maximum atomic E-state index is 13.6. The van der Waals surface area contributed by atoms with Crippen molar-refractivity contribution in [2.45, 2.75) is 77.5 Å². The van der Waals surface area contributed by atoms with E-state index >= 15 is 0 Å². The molecule has 2 heterocycles. The molecule has 1 aromatic heterocycles. The summed E-state index contributed by atoms with van der Waals surface area (Å²) >= 11 is 0. The molecule has 0 spiro atoms. The maximum absolute atomic E-state index is 13.6. The molecule has 12 heteroatoms. The molecule has 4 atom stereocenters. The van der Waals surface area contributed by atoms with Gasteiger partial charge in [-0.2, -0.15) is 0 Å². The van der Waals surface area contributed by atoms with Crippen LogP contribution in [0.1, 0.15) is 51.2 Å². The number of hydrogen-bond acceptors (Lipinski definition) is 6. The van der Waals surface area contributed by atoms with E-state index in [4.69, 9.17) is 5.11 Å². The molecular formula is C28H37N5O7. The number of amides is 4. The number of aliphatic carboxylic acids is 1. The van der Waals surface area contributed by atoms with E-state index in [1.807, 2.05) is 25.1 Å². The normalized spacial score (nSPS) is 17.2. The van der Waals surface area contributed by atoms with E-state index in [0.717, 1.165) is 22.0 Å². The van der Waals surface area contributed by atoms with E-state index in [0.29, 0.717) is 19.1 Å². The number of fused-ring (bicyclic) bond motifs is 1. The number of carboxylic acids is 1. The molecule has 3 unspecified atom stereocenters. The summed E-state index contributed by atoms with van der Waals surface area (Å²) in [5, 5.41) is 17.8. The van der Waals surface area contributed by atoms with Gasteiger partial charge in [0.25, 0.3) is 0 Å². The van der Waals surface area contributed by atoms with E-state index in [1.54, 1.807) is 20.0 Å². The third-order valence-electron chi connectivity index (χ3n) is 7.00. The lowest BCUT2D eigenvalue weighted by molar-refractivity contribution is -0.143. The molecule has 0 saturated carbocycles. The lowest BCUT2D eigenvalue weighted by atomic mass is 9.99. The number of nitrogens with one attached hydrogen (secondary N) is 4. The zero-order valence-electron chi connectivity index (χ0n) is 23.2. The van der Waals surface area contributed by atoms with Crippen LogP contribution in [0.2, 0.25) is 0 Å². The molecule has 5 N–H and O–H groups in total. The fourth-order valence-corrected chi connectivity index (χ4v) is 4.99. The first-order valence-corrected chi connectivity index (χ1v) is 13.3. The van der Waals surface area contributed by atoms with E-state index in [-0.39, 0.29) is 18.9 Å². The van der Waals surface area contributed by atoms with Crippen molar-refractivity contribution >= 4 is 46.8 Å². The summed E-state index contributed by atoms with van der Waals surface area (Å²) in [4.78, 5) is 78.7. The van der Waals surface area contributed by atoms with Gasteiger partial charge in [0, 0.05) is 37.0 Å². The fraction of sp³-hybridized carbons (Fsp3) is 0.500. The zero-order chi connectivity index (χ0) is 29.6. The molecule has 0 radical (unpaired) electrons. The topological polar surface area (TPSA) is 178 Å². The Labute approximate surface area is 232 Å². The minimum absolute atomic E-state index is 0.194. The zero-order valence-corrected chi connectivity index (χ0v) is 23.2. The summed E-state index contributed by atoms with van der Waals surface area (Å²) in [6.45, 7) is 7.07. The number of rotatable bonds is 12. The summed E-state index contributed by atoms with van der Waals surface area (Å²) in [5.41, 5.74) is 2.78. The van der Waals surface area contributed by atoms with E-state index in [9.17, 15) is 28.8 Å². The number of likely N-dealkylation sites (tertiary alicyclic amines) is 1. The van der Waals surface area contributed by atoms with E-state index in [1.165, 1.54) is 11.8 Å². The van der Waals surface area contributed by atoms with Crippen molar-refractivity contribution in [1.29, 1.82) is 0 Å². The van der Waals surface area contributed by atoms with Crippen LogP contribution < -0.4 is 16.0 Å². The van der Waals surface area contributed by atoms with Crippen LogP contribution in [0, 0.1) is 12.8 Å². The van der Waals surface area contributed by atoms with Gasteiger partial charge in [-0.3, -0.25) is 24.0 Å². The van der Waals surface area contributed by atoms with Gasteiger partial charge >= 0.3 is 5.97 Å². The van der Waals surface area contributed by atoms with Gasteiger partial charge in [-0.15, -0.1) is 0 Å². The summed E-state index contributed by atoms with van der Waals surface area (Å²) in [6, 6.07) is 1.86. The third kappa shape index (κ3) is 7.45. The average molecular weight is 556 g/mol. The molecule has 1 saturated heterocycles. The highest BCUT2D eigenvalue weighted by molar-refractivity contribution is 5.95. The SMILES string of the molecule is CC(=O)NC(Cc1c[nH]c2ccc(C)cc12)C(=O)N[C@H](C(=O)N1CCCC1C(=O)NC(C=O)CC(=O)O)C(C)C. The Kier molecular flexibility index (Phi) is 10.0. The van der Waals surface area contributed by atoms with Gasteiger partial charge in [-0.05, 0) is 43.4 Å². The van der Waals surface area contributed by atoms with Crippen molar-refractivity contribution in [3.63, 3.8) is 0 Å². The standard InChI is InChI=1S/C28H37N5O7/c1-15(2)25(28(40)33-9-5-6-23(33)27(39)31-19(14-34)12-24(36)37)32-26(38)22(30-17(4)35)11-18-13-29-21-8-7-16(3)10-20(18)21/h7-8,10,13-15,19,22-23,25,29H,5-6,9,11-12H2,1-4H3,(H,30,35)(H,31,39)(H,32,38)(H,36,37)/t19?,22?,23?,25-/m0/s1. The number of benzene rings is 1. The Morgan fingerprint density at radius 2 is 1.88 bits per heavy atom. The molecule has 1 aliphatic rings. The highest BCUT2D eigenvalue weighted by Gasteiger charge is 2.40. The number of carbonyl (C=O) groups is 6. The van der Waals surface area contributed by atoms with Gasteiger partial charge in [0.2, 0.25) is 23.6 Å². The number of carbonyl (C=O) groups excluding carboxylic acids is 5. The number of aldehydes is 1. The minimum Gasteiger partial charge on any atom is -0.481 e. The lowest BCUT2D eigenvalue weighted by Crippen LogP contribution is -2.58. The number of nitrogens with zero attached hydrogens (tertiary/aromatic N) is 1. The van der Waals surface area contributed by atoms with Gasteiger partial charge in [0.1, 0.15) is 24.4 Å². The molecule has 0 bridgehead atoms. The third-order valence-corrected chi connectivity index (χ3v) is 7.00. The summed E-state index contributed by atoms with van der Waals surface area (Å²) in [6.07, 6.45) is 2.63. The van der Waals surface area contributed by atoms with Gasteiger partial charge in [-0.25, -0.2) is 0 Å². The van der Waals surface area contributed by atoms with Crippen LogP contribution in [0.15, 0.2) is 24.4 Å². The second-order valence-corrected chi connectivity index (χ2v) is 10.6. The number of H-pyrrole nitrogens is 1. The largest absolute Gasteiger partial charge is 0.481 e.